The van der Waals surface area contributed by atoms with E-state index in [9.17, 15) is 40.5 Å². The van der Waals surface area contributed by atoms with Crippen LogP contribution in [-0.2, 0) is 14.2 Å². The Morgan fingerprint density at radius 3 is 1.97 bits per heavy atom. The number of methoxy groups -OCH3 is 2. The fraction of sp³-hybridized carbons (Fsp3) is 0.667. The maximum atomic E-state index is 11.3. The second-order valence-electron chi connectivity index (χ2n) is 8.12. The maximum Gasteiger partial charge on any atom is 0.335 e. The number of aliphatic hydroxyl groups is 6. The molecular formula is C21H30O14. The zero-order chi connectivity index (χ0) is 26.0. The minimum atomic E-state index is -1.72. The summed E-state index contributed by atoms with van der Waals surface area (Å²) in [6, 6.07) is 2.36. The SMILES string of the molecule is COc1cc(C(=O)O)cc(OC)c1O[C@@H]1O[C@@H](C)[C@H](O[C@@H]2O[C@H](CO)[C@@H](O)[C@H](O)[C@H]2O)[C@@H](O)[C@H]1O. The van der Waals surface area contributed by atoms with Gasteiger partial charge in [0.2, 0.25) is 12.0 Å². The molecule has 2 saturated heterocycles. The van der Waals surface area contributed by atoms with E-state index >= 15 is 0 Å². The monoisotopic (exact) mass is 506 g/mol. The van der Waals surface area contributed by atoms with Crippen LogP contribution in [0.15, 0.2) is 12.1 Å². The van der Waals surface area contributed by atoms with Crippen molar-refractivity contribution in [2.45, 2.75) is 68.3 Å². The van der Waals surface area contributed by atoms with E-state index in [1.54, 1.807) is 0 Å². The molecule has 1 aromatic rings. The molecule has 1 aromatic carbocycles. The molecule has 35 heavy (non-hydrogen) atoms. The number of hydrogen-bond donors (Lipinski definition) is 7. The highest BCUT2D eigenvalue weighted by atomic mass is 16.7. The van der Waals surface area contributed by atoms with Gasteiger partial charge in [0.25, 0.3) is 0 Å². The van der Waals surface area contributed by atoms with Gasteiger partial charge in [-0.3, -0.25) is 0 Å². The maximum absolute atomic E-state index is 11.3. The smallest absolute Gasteiger partial charge is 0.335 e. The molecule has 2 aliphatic heterocycles. The van der Waals surface area contributed by atoms with Crippen molar-refractivity contribution in [2.75, 3.05) is 20.8 Å². The normalized spacial score (nSPS) is 37.5. The molecule has 2 fully saturated rings. The van der Waals surface area contributed by atoms with Crippen molar-refractivity contribution in [1.82, 2.24) is 0 Å². The van der Waals surface area contributed by atoms with Crippen LogP contribution in [0.2, 0.25) is 0 Å². The van der Waals surface area contributed by atoms with Gasteiger partial charge >= 0.3 is 5.97 Å². The minimum absolute atomic E-state index is 0.0283. The molecule has 0 aromatic heterocycles. The number of aromatic carboxylic acids is 1. The first-order valence-electron chi connectivity index (χ1n) is 10.7. The molecule has 7 N–H and O–H groups in total. The van der Waals surface area contributed by atoms with E-state index in [1.807, 2.05) is 0 Å². The Labute approximate surface area is 199 Å². The predicted molar refractivity (Wildman–Crippen MR) is 112 cm³/mol. The number of hydrogen-bond acceptors (Lipinski definition) is 13. The first-order chi connectivity index (χ1) is 16.5. The highest BCUT2D eigenvalue weighted by Crippen LogP contribution is 2.41. The van der Waals surface area contributed by atoms with E-state index < -0.39 is 74.0 Å². The van der Waals surface area contributed by atoms with Crippen LogP contribution < -0.4 is 14.2 Å². The second kappa shape index (κ2) is 11.2. The molecule has 0 bridgehead atoms. The van der Waals surface area contributed by atoms with Gasteiger partial charge in [-0.2, -0.15) is 0 Å². The summed E-state index contributed by atoms with van der Waals surface area (Å²) in [5.74, 6) is -1.38. The number of carboxylic acid groups (broad SMARTS) is 1. The van der Waals surface area contributed by atoms with E-state index in [0.717, 1.165) is 0 Å². The number of rotatable bonds is 8. The van der Waals surface area contributed by atoms with Crippen LogP contribution in [0.4, 0.5) is 0 Å². The Bertz CT molecular complexity index is 853. The largest absolute Gasteiger partial charge is 0.493 e. The Kier molecular flexibility index (Phi) is 8.74. The first kappa shape index (κ1) is 27.3. The average Bonchev–Trinajstić information content (AvgIpc) is 2.84. The number of carboxylic acids is 1. The Hall–Kier alpha value is -2.27. The molecule has 0 spiro atoms. The van der Waals surface area contributed by atoms with E-state index in [0.29, 0.717) is 0 Å². The van der Waals surface area contributed by atoms with Crippen molar-refractivity contribution in [3.8, 4) is 17.2 Å². The minimum Gasteiger partial charge on any atom is -0.493 e. The van der Waals surface area contributed by atoms with Crippen molar-refractivity contribution in [2.24, 2.45) is 0 Å². The summed E-state index contributed by atoms with van der Waals surface area (Å²) in [7, 11) is 2.54. The average molecular weight is 506 g/mol. The number of aliphatic hydroxyl groups excluding tert-OH is 6. The van der Waals surface area contributed by atoms with Gasteiger partial charge in [0, 0.05) is 0 Å². The van der Waals surface area contributed by atoms with Gasteiger partial charge < -0.3 is 64.2 Å². The molecule has 14 heteroatoms. The topological polar surface area (TPSA) is 214 Å². The zero-order valence-corrected chi connectivity index (χ0v) is 19.1. The molecule has 0 aliphatic carbocycles. The molecule has 2 aliphatic rings. The fourth-order valence-corrected chi connectivity index (χ4v) is 3.86. The molecular weight excluding hydrogens is 476 g/mol. The van der Waals surface area contributed by atoms with Crippen molar-refractivity contribution in [3.63, 3.8) is 0 Å². The predicted octanol–water partition coefficient (Wildman–Crippen LogP) is -2.57. The molecule has 0 amide bonds. The number of carbonyl (C=O) groups is 1. The molecule has 3 rings (SSSR count). The lowest BCUT2D eigenvalue weighted by molar-refractivity contribution is -0.349. The third-order valence-electron chi connectivity index (χ3n) is 5.86. The van der Waals surface area contributed by atoms with Gasteiger partial charge in [0.1, 0.15) is 42.7 Å². The molecule has 2 heterocycles. The van der Waals surface area contributed by atoms with Gasteiger partial charge in [-0.15, -0.1) is 0 Å². The van der Waals surface area contributed by atoms with Gasteiger partial charge in [-0.1, -0.05) is 0 Å². The zero-order valence-electron chi connectivity index (χ0n) is 19.1. The first-order valence-corrected chi connectivity index (χ1v) is 10.7. The van der Waals surface area contributed by atoms with E-state index in [2.05, 4.69) is 0 Å². The van der Waals surface area contributed by atoms with Crippen LogP contribution in [0.5, 0.6) is 17.2 Å². The van der Waals surface area contributed by atoms with Crippen molar-refractivity contribution in [1.29, 1.82) is 0 Å². The fourth-order valence-electron chi connectivity index (χ4n) is 3.86. The van der Waals surface area contributed by atoms with Crippen LogP contribution >= 0.6 is 0 Å². The van der Waals surface area contributed by atoms with Crippen LogP contribution in [0.3, 0.4) is 0 Å². The molecule has 0 saturated carbocycles. The number of benzene rings is 1. The van der Waals surface area contributed by atoms with E-state index in [1.165, 1.54) is 33.3 Å². The Morgan fingerprint density at radius 2 is 1.46 bits per heavy atom. The van der Waals surface area contributed by atoms with Crippen molar-refractivity contribution >= 4 is 5.97 Å². The van der Waals surface area contributed by atoms with Crippen molar-refractivity contribution < 1.29 is 69.0 Å². The molecule has 10 atom stereocenters. The van der Waals surface area contributed by atoms with E-state index in [4.69, 9.17) is 28.4 Å². The molecule has 0 unspecified atom stereocenters. The van der Waals surface area contributed by atoms with Gasteiger partial charge in [-0.05, 0) is 19.1 Å². The quantitative estimate of drug-likeness (QED) is 0.193. The van der Waals surface area contributed by atoms with Gasteiger partial charge in [0.15, 0.2) is 17.8 Å². The standard InChI is InChI=1S/C21H30O14/c1-7-17(34-21-15(26)13(24)12(23)11(6-22)33-21)14(25)16(27)20(32-7)35-18-9(30-2)4-8(19(28)29)5-10(18)31-3/h4-5,7,11-17,20-27H,6H2,1-3H3,(H,28,29)/t7-,11+,12+,13-,14-,15+,16+,17-,20-,21-/m0/s1. The molecule has 14 nitrogen and oxygen atoms in total. The summed E-state index contributed by atoms with van der Waals surface area (Å²) in [6.45, 7) is 0.801. The van der Waals surface area contributed by atoms with Crippen LogP contribution in [0.1, 0.15) is 17.3 Å². The molecule has 198 valence electrons. The molecule has 0 radical (unpaired) electrons. The van der Waals surface area contributed by atoms with Crippen LogP contribution in [0, 0.1) is 0 Å². The third kappa shape index (κ3) is 5.45. The summed E-state index contributed by atoms with van der Waals surface area (Å²) in [6.07, 6.45) is -14.9. The summed E-state index contributed by atoms with van der Waals surface area (Å²) in [5, 5.41) is 70.0. The highest BCUT2D eigenvalue weighted by molar-refractivity contribution is 5.89. The lowest BCUT2D eigenvalue weighted by Gasteiger charge is -2.45. The summed E-state index contributed by atoms with van der Waals surface area (Å²) < 4.78 is 32.6. The summed E-state index contributed by atoms with van der Waals surface area (Å²) in [4.78, 5) is 11.3. The van der Waals surface area contributed by atoms with Crippen LogP contribution in [0.25, 0.3) is 0 Å². The number of ether oxygens (including phenoxy) is 6. The Morgan fingerprint density at radius 1 is 0.886 bits per heavy atom. The summed E-state index contributed by atoms with van der Waals surface area (Å²) in [5.41, 5.74) is -0.141. The van der Waals surface area contributed by atoms with Crippen molar-refractivity contribution in [3.05, 3.63) is 17.7 Å². The second-order valence-corrected chi connectivity index (χ2v) is 8.12. The highest BCUT2D eigenvalue weighted by Gasteiger charge is 2.50. The third-order valence-corrected chi connectivity index (χ3v) is 5.86. The van der Waals surface area contributed by atoms with Crippen LogP contribution in [-0.4, -0.2) is 124 Å². The van der Waals surface area contributed by atoms with Gasteiger partial charge in [0.05, 0.1) is 32.5 Å². The lowest BCUT2D eigenvalue weighted by Crippen LogP contribution is -2.64. The van der Waals surface area contributed by atoms with Gasteiger partial charge in [-0.25, -0.2) is 4.79 Å². The summed E-state index contributed by atoms with van der Waals surface area (Å²) >= 11 is 0. The lowest BCUT2D eigenvalue weighted by atomic mass is 9.97. The Balaban J connectivity index is 1.77. The van der Waals surface area contributed by atoms with E-state index in [-0.39, 0.29) is 22.8 Å².